The third kappa shape index (κ3) is 3.56. The highest BCUT2D eigenvalue weighted by atomic mass is 16.6. The van der Waals surface area contributed by atoms with Gasteiger partial charge in [-0.1, -0.05) is 30.3 Å². The van der Waals surface area contributed by atoms with Crippen LogP contribution in [-0.4, -0.2) is 39.5 Å². The zero-order valence-corrected chi connectivity index (χ0v) is 16.4. The second-order valence-corrected chi connectivity index (χ2v) is 7.46. The van der Waals surface area contributed by atoms with Crippen LogP contribution in [0.4, 0.5) is 0 Å². The molecule has 2 heterocycles. The van der Waals surface area contributed by atoms with Crippen molar-refractivity contribution in [2.24, 2.45) is 0 Å². The van der Waals surface area contributed by atoms with Crippen molar-refractivity contribution >= 4 is 5.91 Å². The number of carbonyl (C=O) groups excluding carboxylic acids is 1. The Hall–Kier alpha value is -3.55. The number of ether oxygens (including phenoxy) is 2. The highest BCUT2D eigenvalue weighted by Crippen LogP contribution is 2.39. The van der Waals surface area contributed by atoms with Crippen molar-refractivity contribution in [3.05, 3.63) is 70.9 Å². The average Bonchev–Trinajstić information content (AvgIpc) is 3.58. The first-order chi connectivity index (χ1) is 14.7. The van der Waals surface area contributed by atoms with Gasteiger partial charge in [0, 0.05) is 12.5 Å². The number of hydrogen-bond acceptors (Lipinski definition) is 5. The number of fused-ring (bicyclic) bond motifs is 1. The molecule has 154 valence electrons. The fraction of sp³-hybridized carbons (Fsp3) is 0.318. The number of nitrogens with one attached hydrogen (secondary N) is 1. The normalized spacial score (nSPS) is 17.5. The van der Waals surface area contributed by atoms with Crippen LogP contribution >= 0.6 is 0 Å². The largest absolute Gasteiger partial charge is 0.485 e. The summed E-state index contributed by atoms with van der Waals surface area (Å²) in [6.45, 7) is 0.710. The molecule has 1 aliphatic heterocycles. The van der Waals surface area contributed by atoms with Crippen molar-refractivity contribution < 1.29 is 14.3 Å². The number of hydrogen-bond donors (Lipinski definition) is 1. The lowest BCUT2D eigenvalue weighted by atomic mass is 10.2. The van der Waals surface area contributed by atoms with Crippen LogP contribution in [0.25, 0.3) is 5.69 Å². The van der Waals surface area contributed by atoms with Gasteiger partial charge in [0.05, 0.1) is 12.2 Å². The molecule has 0 unspecified atom stereocenters. The minimum Gasteiger partial charge on any atom is -0.485 e. The topological polar surface area (TPSA) is 87.4 Å². The maximum Gasteiger partial charge on any atom is 0.350 e. The molecular formula is C22H22N4O4. The quantitative estimate of drug-likeness (QED) is 0.675. The van der Waals surface area contributed by atoms with Gasteiger partial charge in [0.15, 0.2) is 11.5 Å². The fourth-order valence-corrected chi connectivity index (χ4v) is 3.54. The van der Waals surface area contributed by atoms with E-state index in [1.807, 2.05) is 42.5 Å². The van der Waals surface area contributed by atoms with E-state index < -0.39 is 6.10 Å². The maximum atomic E-state index is 12.9. The summed E-state index contributed by atoms with van der Waals surface area (Å²) in [5.74, 6) is 2.02. The van der Waals surface area contributed by atoms with Crippen LogP contribution in [0.1, 0.15) is 24.6 Å². The van der Waals surface area contributed by atoms with Crippen LogP contribution < -0.4 is 20.5 Å². The van der Waals surface area contributed by atoms with Crippen LogP contribution in [0.15, 0.2) is 59.4 Å². The first-order valence-electron chi connectivity index (χ1n) is 10.1. The lowest BCUT2D eigenvalue weighted by Gasteiger charge is -2.25. The number of para-hydroxylation sites is 3. The fourth-order valence-electron chi connectivity index (χ4n) is 3.54. The molecule has 0 radical (unpaired) electrons. The molecule has 1 N–H and O–H groups in total. The molecule has 1 aromatic heterocycles. The van der Waals surface area contributed by atoms with E-state index in [9.17, 15) is 9.59 Å². The van der Waals surface area contributed by atoms with Gasteiger partial charge in [-0.2, -0.15) is 5.10 Å². The van der Waals surface area contributed by atoms with E-state index in [2.05, 4.69) is 10.4 Å². The second-order valence-electron chi connectivity index (χ2n) is 7.46. The Kier molecular flexibility index (Phi) is 4.74. The summed E-state index contributed by atoms with van der Waals surface area (Å²) in [6, 6.07) is 16.8. The van der Waals surface area contributed by atoms with Crippen molar-refractivity contribution in [1.82, 2.24) is 19.7 Å². The zero-order chi connectivity index (χ0) is 20.5. The van der Waals surface area contributed by atoms with E-state index in [0.29, 0.717) is 17.4 Å². The van der Waals surface area contributed by atoms with Crippen LogP contribution in [0, 0.1) is 0 Å². The van der Waals surface area contributed by atoms with E-state index in [1.165, 1.54) is 4.68 Å². The molecule has 2 aliphatic rings. The summed E-state index contributed by atoms with van der Waals surface area (Å²) in [5.41, 5.74) is 0.620. The molecule has 0 bridgehead atoms. The van der Waals surface area contributed by atoms with Crippen LogP contribution in [0.5, 0.6) is 11.5 Å². The van der Waals surface area contributed by atoms with Gasteiger partial charge in [-0.25, -0.2) is 14.0 Å². The van der Waals surface area contributed by atoms with Gasteiger partial charge in [0.2, 0.25) is 6.10 Å². The Morgan fingerprint density at radius 1 is 1.07 bits per heavy atom. The predicted molar refractivity (Wildman–Crippen MR) is 109 cm³/mol. The standard InChI is InChI=1S/C22H22N4O4/c27-21(19-14-29-17-8-4-5-9-18(17)30-19)23-12-13-25-22(28)26(16-6-2-1-3-7-16)20(24-25)15-10-11-15/h1-9,15,19H,10-14H2,(H,23,27)/t19-/m1/s1. The highest BCUT2D eigenvalue weighted by Gasteiger charge is 2.31. The SMILES string of the molecule is O=C(NCCn1nc(C2CC2)n(-c2ccccc2)c1=O)[C@H]1COc2ccccc2O1. The number of benzene rings is 2. The van der Waals surface area contributed by atoms with Crippen molar-refractivity contribution in [2.45, 2.75) is 31.4 Å². The van der Waals surface area contributed by atoms with Gasteiger partial charge in [0.1, 0.15) is 12.4 Å². The smallest absolute Gasteiger partial charge is 0.350 e. The first-order valence-corrected chi connectivity index (χ1v) is 10.1. The molecule has 30 heavy (non-hydrogen) atoms. The van der Waals surface area contributed by atoms with Gasteiger partial charge >= 0.3 is 5.69 Å². The van der Waals surface area contributed by atoms with Crippen molar-refractivity contribution in [3.8, 4) is 17.2 Å². The third-order valence-corrected chi connectivity index (χ3v) is 5.25. The Morgan fingerprint density at radius 3 is 2.57 bits per heavy atom. The Morgan fingerprint density at radius 2 is 1.80 bits per heavy atom. The van der Waals surface area contributed by atoms with E-state index in [4.69, 9.17) is 9.47 Å². The molecule has 8 nitrogen and oxygen atoms in total. The van der Waals surface area contributed by atoms with Gasteiger partial charge < -0.3 is 14.8 Å². The average molecular weight is 406 g/mol. The van der Waals surface area contributed by atoms with Gasteiger partial charge in [-0.05, 0) is 37.1 Å². The summed E-state index contributed by atoms with van der Waals surface area (Å²) in [6.07, 6.45) is 1.36. The van der Waals surface area contributed by atoms with E-state index in [-0.39, 0.29) is 31.3 Å². The Bertz CT molecular complexity index is 1120. The van der Waals surface area contributed by atoms with Gasteiger partial charge in [0.25, 0.3) is 5.91 Å². The molecule has 1 aliphatic carbocycles. The first kappa shape index (κ1) is 18.5. The highest BCUT2D eigenvalue weighted by molar-refractivity contribution is 5.81. The maximum absolute atomic E-state index is 12.9. The summed E-state index contributed by atoms with van der Waals surface area (Å²) in [4.78, 5) is 25.4. The van der Waals surface area contributed by atoms with Crippen LogP contribution in [0.2, 0.25) is 0 Å². The second kappa shape index (κ2) is 7.70. The summed E-state index contributed by atoms with van der Waals surface area (Å²) >= 11 is 0. The summed E-state index contributed by atoms with van der Waals surface area (Å²) in [5, 5.41) is 7.37. The number of carbonyl (C=O) groups is 1. The monoisotopic (exact) mass is 406 g/mol. The number of aromatic nitrogens is 3. The van der Waals surface area contributed by atoms with Crippen molar-refractivity contribution in [3.63, 3.8) is 0 Å². The molecular weight excluding hydrogens is 384 g/mol. The number of nitrogens with zero attached hydrogens (tertiary/aromatic N) is 3. The molecule has 1 atom stereocenters. The lowest BCUT2D eigenvalue weighted by molar-refractivity contribution is -0.130. The number of rotatable bonds is 6. The molecule has 0 saturated heterocycles. The molecule has 1 amide bonds. The molecule has 1 saturated carbocycles. The number of amides is 1. The van der Waals surface area contributed by atoms with E-state index >= 15 is 0 Å². The van der Waals surface area contributed by atoms with Gasteiger partial charge in [-0.15, -0.1) is 0 Å². The minimum atomic E-state index is -0.722. The molecule has 5 rings (SSSR count). The molecule has 2 aromatic carbocycles. The summed E-state index contributed by atoms with van der Waals surface area (Å²) in [7, 11) is 0. The van der Waals surface area contributed by atoms with Crippen LogP contribution in [0.3, 0.4) is 0 Å². The molecule has 3 aromatic rings. The third-order valence-electron chi connectivity index (χ3n) is 5.25. The molecule has 0 spiro atoms. The van der Waals surface area contributed by atoms with Crippen LogP contribution in [-0.2, 0) is 11.3 Å². The van der Waals surface area contributed by atoms with E-state index in [0.717, 1.165) is 24.4 Å². The van der Waals surface area contributed by atoms with Crippen molar-refractivity contribution in [1.29, 1.82) is 0 Å². The minimum absolute atomic E-state index is 0.150. The van der Waals surface area contributed by atoms with E-state index in [1.54, 1.807) is 16.7 Å². The Labute approximate surface area is 173 Å². The summed E-state index contributed by atoms with van der Waals surface area (Å²) < 4.78 is 14.4. The zero-order valence-electron chi connectivity index (χ0n) is 16.4. The molecule has 8 heteroatoms. The van der Waals surface area contributed by atoms with Gasteiger partial charge in [-0.3, -0.25) is 4.79 Å². The lowest BCUT2D eigenvalue weighted by Crippen LogP contribution is -2.45. The Balaban J connectivity index is 1.25. The van der Waals surface area contributed by atoms with Crippen molar-refractivity contribution in [2.75, 3.05) is 13.2 Å². The predicted octanol–water partition coefficient (Wildman–Crippen LogP) is 1.87. The molecule has 1 fully saturated rings.